The van der Waals surface area contributed by atoms with Gasteiger partial charge in [0.25, 0.3) is 5.56 Å². The number of hydrogen-bond acceptors (Lipinski definition) is 5. The molecule has 0 saturated heterocycles. The van der Waals surface area contributed by atoms with Crippen molar-refractivity contribution in [2.45, 2.75) is 64.5 Å². The Balaban J connectivity index is 1.55. The van der Waals surface area contributed by atoms with Crippen molar-refractivity contribution in [1.82, 2.24) is 25.2 Å². The predicted octanol–water partition coefficient (Wildman–Crippen LogP) is 4.79. The zero-order valence-electron chi connectivity index (χ0n) is 19.8. The van der Waals surface area contributed by atoms with E-state index in [9.17, 15) is 4.79 Å². The predicted molar refractivity (Wildman–Crippen MR) is 133 cm³/mol. The second-order valence-electron chi connectivity index (χ2n) is 9.77. The number of hydrogen-bond donors (Lipinski definition) is 1. The summed E-state index contributed by atoms with van der Waals surface area (Å²) in [6, 6.07) is 14.7. The third-order valence-corrected chi connectivity index (χ3v) is 7.79. The summed E-state index contributed by atoms with van der Waals surface area (Å²) < 4.78 is 2.01. The Morgan fingerprint density at radius 1 is 1.06 bits per heavy atom. The van der Waals surface area contributed by atoms with Gasteiger partial charge in [-0.05, 0) is 77.7 Å². The molecule has 0 amide bonds. The number of tetrazole rings is 1. The maximum atomic E-state index is 13.6. The number of aromatic nitrogens is 5. The van der Waals surface area contributed by atoms with Gasteiger partial charge in [0.1, 0.15) is 6.04 Å². The molecule has 1 unspecified atom stereocenters. The number of nitrogens with one attached hydrogen (secondary N) is 1. The molecule has 0 bridgehead atoms. The summed E-state index contributed by atoms with van der Waals surface area (Å²) in [4.78, 5) is 19.1. The average molecular weight is 455 g/mol. The van der Waals surface area contributed by atoms with E-state index in [0.29, 0.717) is 5.56 Å². The van der Waals surface area contributed by atoms with Crippen molar-refractivity contribution < 1.29 is 0 Å². The molecule has 1 aliphatic heterocycles. The SMILES string of the molecule is Cc1ccc2cc(C(c3nnnn3C3CCCCC3)N3CCc4ccccc43)c(=O)[nH]c2c1C. The highest BCUT2D eigenvalue weighted by atomic mass is 16.1. The van der Waals surface area contributed by atoms with Crippen LogP contribution in [0.2, 0.25) is 0 Å². The van der Waals surface area contributed by atoms with Crippen LogP contribution in [-0.4, -0.2) is 31.7 Å². The average Bonchev–Trinajstić information content (AvgIpc) is 3.51. The van der Waals surface area contributed by atoms with Crippen LogP contribution < -0.4 is 10.5 Å². The molecular formula is C27H30N6O. The van der Waals surface area contributed by atoms with Gasteiger partial charge in [0.15, 0.2) is 5.82 Å². The highest BCUT2D eigenvalue weighted by Crippen LogP contribution is 2.39. The molecule has 2 aliphatic rings. The number of pyridine rings is 1. The van der Waals surface area contributed by atoms with E-state index in [4.69, 9.17) is 0 Å². The van der Waals surface area contributed by atoms with Gasteiger partial charge in [-0.2, -0.15) is 0 Å². The molecule has 2 aromatic carbocycles. The molecule has 7 heteroatoms. The smallest absolute Gasteiger partial charge is 0.254 e. The molecule has 7 nitrogen and oxygen atoms in total. The third kappa shape index (κ3) is 3.42. The lowest BCUT2D eigenvalue weighted by molar-refractivity contribution is 0.313. The molecule has 4 aromatic rings. The zero-order chi connectivity index (χ0) is 23.2. The van der Waals surface area contributed by atoms with Crippen LogP contribution in [0.4, 0.5) is 5.69 Å². The number of benzene rings is 2. The van der Waals surface area contributed by atoms with Crippen LogP contribution in [0.25, 0.3) is 10.9 Å². The highest BCUT2D eigenvalue weighted by Gasteiger charge is 2.35. The van der Waals surface area contributed by atoms with E-state index < -0.39 is 0 Å². The van der Waals surface area contributed by atoms with E-state index in [0.717, 1.165) is 53.8 Å². The van der Waals surface area contributed by atoms with Crippen LogP contribution in [0, 0.1) is 13.8 Å². The molecule has 1 atom stereocenters. The van der Waals surface area contributed by atoms with Gasteiger partial charge in [-0.25, -0.2) is 4.68 Å². The highest BCUT2D eigenvalue weighted by molar-refractivity contribution is 5.83. The Hall–Kier alpha value is -3.48. The first-order chi connectivity index (χ1) is 16.6. The van der Waals surface area contributed by atoms with E-state index in [2.05, 4.69) is 75.7 Å². The second kappa shape index (κ2) is 8.38. The van der Waals surface area contributed by atoms with Gasteiger partial charge in [-0.3, -0.25) is 4.79 Å². The van der Waals surface area contributed by atoms with Crippen LogP contribution in [0.3, 0.4) is 0 Å². The van der Waals surface area contributed by atoms with Gasteiger partial charge in [0, 0.05) is 17.8 Å². The van der Waals surface area contributed by atoms with Crippen molar-refractivity contribution in [2.24, 2.45) is 0 Å². The van der Waals surface area contributed by atoms with Crippen LogP contribution >= 0.6 is 0 Å². The molecule has 0 spiro atoms. The van der Waals surface area contributed by atoms with Crippen molar-refractivity contribution in [2.75, 3.05) is 11.4 Å². The standard InChI is InChI=1S/C27H30N6O/c1-17-12-13-20-16-22(27(34)28-24(20)18(17)2)25(32-15-14-19-8-6-7-11-23(19)32)26-29-30-31-33(26)21-9-4-3-5-10-21/h6-8,11-13,16,21,25H,3-5,9-10,14-15H2,1-2H3,(H,28,34). The lowest BCUT2D eigenvalue weighted by Gasteiger charge is -2.31. The summed E-state index contributed by atoms with van der Waals surface area (Å²) in [6.07, 6.45) is 6.75. The summed E-state index contributed by atoms with van der Waals surface area (Å²) >= 11 is 0. The van der Waals surface area contributed by atoms with Gasteiger partial charge in [-0.15, -0.1) is 5.10 Å². The Bertz CT molecular complexity index is 1410. The third-order valence-electron chi connectivity index (χ3n) is 7.79. The number of para-hydroxylation sites is 1. The van der Waals surface area contributed by atoms with E-state index in [-0.39, 0.29) is 17.6 Å². The number of aromatic amines is 1. The fourth-order valence-electron chi connectivity index (χ4n) is 5.79. The number of H-pyrrole nitrogens is 1. The number of aryl methyl sites for hydroxylation is 2. The second-order valence-corrected chi connectivity index (χ2v) is 9.77. The molecular weight excluding hydrogens is 424 g/mol. The lowest BCUT2D eigenvalue weighted by atomic mass is 9.95. The summed E-state index contributed by atoms with van der Waals surface area (Å²) in [5.41, 5.74) is 6.26. The molecule has 174 valence electrons. The maximum Gasteiger partial charge on any atom is 0.254 e. The Morgan fingerprint density at radius 2 is 1.88 bits per heavy atom. The minimum absolute atomic E-state index is 0.0752. The van der Waals surface area contributed by atoms with Gasteiger partial charge in [-0.1, -0.05) is 49.6 Å². The van der Waals surface area contributed by atoms with E-state index in [1.165, 1.54) is 30.4 Å². The first-order valence-corrected chi connectivity index (χ1v) is 12.4. The minimum Gasteiger partial charge on any atom is -0.357 e. The molecule has 1 fully saturated rings. The Morgan fingerprint density at radius 3 is 2.74 bits per heavy atom. The van der Waals surface area contributed by atoms with Crippen molar-refractivity contribution in [1.29, 1.82) is 0 Å². The largest absolute Gasteiger partial charge is 0.357 e. The topological polar surface area (TPSA) is 79.7 Å². The van der Waals surface area contributed by atoms with Gasteiger partial charge >= 0.3 is 0 Å². The maximum absolute atomic E-state index is 13.6. The summed E-state index contributed by atoms with van der Waals surface area (Å²) in [5.74, 6) is 0.761. The Labute approximate surface area is 198 Å². The quantitative estimate of drug-likeness (QED) is 0.480. The number of fused-ring (bicyclic) bond motifs is 2. The molecule has 1 saturated carbocycles. The van der Waals surface area contributed by atoms with Crippen LogP contribution in [0.15, 0.2) is 47.3 Å². The molecule has 0 radical (unpaired) electrons. The van der Waals surface area contributed by atoms with E-state index in [1.54, 1.807) is 0 Å². The first-order valence-electron chi connectivity index (χ1n) is 12.4. The molecule has 34 heavy (non-hydrogen) atoms. The first kappa shape index (κ1) is 21.1. The van der Waals surface area contributed by atoms with Crippen molar-refractivity contribution in [3.05, 3.63) is 80.9 Å². The molecule has 1 N–H and O–H groups in total. The van der Waals surface area contributed by atoms with E-state index in [1.807, 2.05) is 10.7 Å². The fraction of sp³-hybridized carbons (Fsp3) is 0.407. The number of anilines is 1. The lowest BCUT2D eigenvalue weighted by Crippen LogP contribution is -2.35. The van der Waals surface area contributed by atoms with Crippen LogP contribution in [-0.2, 0) is 6.42 Å². The summed E-state index contributed by atoms with van der Waals surface area (Å²) in [7, 11) is 0. The monoisotopic (exact) mass is 454 g/mol. The molecule has 6 rings (SSSR count). The number of rotatable bonds is 4. The van der Waals surface area contributed by atoms with Crippen molar-refractivity contribution >= 4 is 16.6 Å². The summed E-state index contributed by atoms with van der Waals surface area (Å²) in [5, 5.41) is 14.1. The van der Waals surface area contributed by atoms with Crippen molar-refractivity contribution in [3.8, 4) is 0 Å². The molecule has 1 aliphatic carbocycles. The van der Waals surface area contributed by atoms with Gasteiger partial charge in [0.2, 0.25) is 0 Å². The Kier molecular flexibility index (Phi) is 5.20. The molecule has 3 heterocycles. The van der Waals surface area contributed by atoms with Crippen LogP contribution in [0.5, 0.6) is 0 Å². The van der Waals surface area contributed by atoms with E-state index >= 15 is 0 Å². The van der Waals surface area contributed by atoms with Crippen molar-refractivity contribution in [3.63, 3.8) is 0 Å². The molecule has 2 aromatic heterocycles. The van der Waals surface area contributed by atoms with Gasteiger partial charge < -0.3 is 9.88 Å². The number of nitrogens with zero attached hydrogens (tertiary/aromatic N) is 5. The fourth-order valence-corrected chi connectivity index (χ4v) is 5.79. The van der Waals surface area contributed by atoms with Crippen LogP contribution in [0.1, 0.15) is 72.3 Å². The minimum atomic E-state index is -0.352. The zero-order valence-corrected chi connectivity index (χ0v) is 19.8. The normalized spacial score (nSPS) is 17.3. The summed E-state index contributed by atoms with van der Waals surface area (Å²) in [6.45, 7) is 4.96. The van der Waals surface area contributed by atoms with Gasteiger partial charge in [0.05, 0.1) is 11.6 Å².